The second kappa shape index (κ2) is 8.69. The van der Waals surface area contributed by atoms with Crippen LogP contribution in [0.4, 0.5) is 0 Å². The summed E-state index contributed by atoms with van der Waals surface area (Å²) in [7, 11) is 0. The summed E-state index contributed by atoms with van der Waals surface area (Å²) in [5.74, 6) is -0.377. The van der Waals surface area contributed by atoms with E-state index >= 15 is 0 Å². The van der Waals surface area contributed by atoms with Gasteiger partial charge in [0.1, 0.15) is 0 Å². The molecule has 0 aromatic heterocycles. The van der Waals surface area contributed by atoms with Gasteiger partial charge in [0.05, 0.1) is 0 Å². The summed E-state index contributed by atoms with van der Waals surface area (Å²) in [5.41, 5.74) is 0.960. The van der Waals surface area contributed by atoms with Crippen LogP contribution in [0, 0.1) is 0 Å². The number of carbonyl (C=O) groups is 2. The summed E-state index contributed by atoms with van der Waals surface area (Å²) in [6, 6.07) is 6.67. The van der Waals surface area contributed by atoms with Gasteiger partial charge in [0.15, 0.2) is 0 Å². The van der Waals surface area contributed by atoms with Crippen molar-refractivity contribution < 1.29 is 9.59 Å². The van der Waals surface area contributed by atoms with Gasteiger partial charge in [0.2, 0.25) is 0 Å². The third kappa shape index (κ3) is 5.10. The minimum Gasteiger partial charge on any atom is -0.349 e. The van der Waals surface area contributed by atoms with Gasteiger partial charge in [-0.05, 0) is 32.0 Å². The number of nitrogens with one attached hydrogen (secondary N) is 2. The Morgan fingerprint density at radius 2 is 1.40 bits per heavy atom. The molecule has 0 atom stereocenters. The topological polar surface area (TPSA) is 58.2 Å². The minimum absolute atomic E-state index is 0.189. The maximum Gasteiger partial charge on any atom is 0.251 e. The van der Waals surface area contributed by atoms with Crippen molar-refractivity contribution in [3.05, 3.63) is 59.7 Å². The first-order chi connectivity index (χ1) is 9.69. The predicted molar refractivity (Wildman–Crippen MR) is 80.7 cm³/mol. The van der Waals surface area contributed by atoms with E-state index < -0.39 is 0 Å². The van der Waals surface area contributed by atoms with Gasteiger partial charge in [0, 0.05) is 24.2 Å². The minimum atomic E-state index is -0.189. The Balaban J connectivity index is 2.69. The van der Waals surface area contributed by atoms with Crippen molar-refractivity contribution in [3.63, 3.8) is 0 Å². The van der Waals surface area contributed by atoms with Crippen molar-refractivity contribution in [1.29, 1.82) is 0 Å². The first-order valence-corrected chi connectivity index (χ1v) is 6.57. The lowest BCUT2D eigenvalue weighted by molar-refractivity contribution is 0.0957. The Kier molecular flexibility index (Phi) is 6.82. The van der Waals surface area contributed by atoms with Crippen LogP contribution in [0.2, 0.25) is 0 Å². The summed E-state index contributed by atoms with van der Waals surface area (Å²) in [6.45, 7) is 4.74. The molecule has 0 unspecified atom stereocenters. The number of hydrogen-bond donors (Lipinski definition) is 2. The molecule has 0 bridgehead atoms. The van der Waals surface area contributed by atoms with E-state index in [0.29, 0.717) is 24.2 Å². The molecule has 0 heterocycles. The van der Waals surface area contributed by atoms with Gasteiger partial charge < -0.3 is 10.6 Å². The van der Waals surface area contributed by atoms with Crippen LogP contribution in [-0.2, 0) is 0 Å². The fraction of sp³-hybridized carbons (Fsp3) is 0.250. The molecule has 1 aromatic carbocycles. The number of carbonyl (C=O) groups excluding carboxylic acids is 2. The smallest absolute Gasteiger partial charge is 0.251 e. The first kappa shape index (κ1) is 15.7. The molecule has 2 N–H and O–H groups in total. The Morgan fingerprint density at radius 3 is 1.80 bits per heavy atom. The summed E-state index contributed by atoms with van der Waals surface area (Å²) < 4.78 is 0. The highest BCUT2D eigenvalue weighted by molar-refractivity contribution is 5.99. The van der Waals surface area contributed by atoms with E-state index in [0.717, 1.165) is 0 Å². The Labute approximate surface area is 119 Å². The second-order valence-electron chi connectivity index (χ2n) is 4.14. The number of allylic oxidation sites excluding steroid dienone is 2. The summed E-state index contributed by atoms with van der Waals surface area (Å²) >= 11 is 0. The molecule has 0 saturated heterocycles. The molecule has 106 valence electrons. The van der Waals surface area contributed by atoms with Crippen molar-refractivity contribution in [1.82, 2.24) is 10.6 Å². The molecule has 4 nitrogen and oxygen atoms in total. The lowest BCUT2D eigenvalue weighted by atomic mass is 10.1. The van der Waals surface area contributed by atoms with E-state index in [9.17, 15) is 9.59 Å². The molecule has 0 saturated carbocycles. The van der Waals surface area contributed by atoms with Crippen LogP contribution in [-0.4, -0.2) is 24.9 Å². The van der Waals surface area contributed by atoms with E-state index in [2.05, 4.69) is 10.6 Å². The second-order valence-corrected chi connectivity index (χ2v) is 4.14. The molecule has 4 heteroatoms. The van der Waals surface area contributed by atoms with E-state index in [-0.39, 0.29) is 11.8 Å². The molecule has 1 aromatic rings. The fourth-order valence-corrected chi connectivity index (χ4v) is 1.54. The Hall–Kier alpha value is -2.36. The van der Waals surface area contributed by atoms with Gasteiger partial charge in [-0.3, -0.25) is 9.59 Å². The molecule has 0 radical (unpaired) electrons. The molecule has 0 aliphatic rings. The van der Waals surface area contributed by atoms with Crippen LogP contribution < -0.4 is 10.6 Å². The van der Waals surface area contributed by atoms with Crippen molar-refractivity contribution >= 4 is 11.8 Å². The van der Waals surface area contributed by atoms with Gasteiger partial charge in [-0.15, -0.1) is 0 Å². The van der Waals surface area contributed by atoms with Crippen molar-refractivity contribution in [2.75, 3.05) is 13.1 Å². The SMILES string of the molecule is CC=CCNC(=O)c1cccc(C(=O)NCC=CC)c1. The first-order valence-electron chi connectivity index (χ1n) is 6.57. The average Bonchev–Trinajstić information content (AvgIpc) is 2.47. The van der Waals surface area contributed by atoms with Crippen molar-refractivity contribution in [2.24, 2.45) is 0 Å². The van der Waals surface area contributed by atoms with Crippen LogP contribution in [0.25, 0.3) is 0 Å². The highest BCUT2D eigenvalue weighted by Crippen LogP contribution is 2.05. The van der Waals surface area contributed by atoms with Crippen LogP contribution in [0.5, 0.6) is 0 Å². The molecular weight excluding hydrogens is 252 g/mol. The van der Waals surface area contributed by atoms with Crippen molar-refractivity contribution in [3.8, 4) is 0 Å². The predicted octanol–water partition coefficient (Wildman–Crippen LogP) is 2.30. The van der Waals surface area contributed by atoms with E-state index in [1.165, 1.54) is 0 Å². The normalized spacial score (nSPS) is 10.9. The molecule has 0 aliphatic heterocycles. The summed E-state index contributed by atoms with van der Waals surface area (Å²) in [5, 5.41) is 5.50. The quantitative estimate of drug-likeness (QED) is 0.781. The standard InChI is InChI=1S/C16H20N2O2/c1-3-5-10-17-15(19)13-8-7-9-14(12-13)16(20)18-11-6-4-2/h3-9,12H,10-11H2,1-2H3,(H,17,19)(H,18,20). The maximum atomic E-state index is 11.9. The molecule has 0 spiro atoms. The monoisotopic (exact) mass is 272 g/mol. The lowest BCUT2D eigenvalue weighted by Gasteiger charge is -2.06. The molecule has 0 fully saturated rings. The maximum absolute atomic E-state index is 11.9. The van der Waals surface area contributed by atoms with Crippen molar-refractivity contribution in [2.45, 2.75) is 13.8 Å². The third-order valence-electron chi connectivity index (χ3n) is 2.62. The zero-order chi connectivity index (χ0) is 14.8. The number of amides is 2. The molecule has 2 amide bonds. The fourth-order valence-electron chi connectivity index (χ4n) is 1.54. The largest absolute Gasteiger partial charge is 0.349 e. The van der Waals surface area contributed by atoms with E-state index in [1.807, 2.05) is 38.2 Å². The summed E-state index contributed by atoms with van der Waals surface area (Å²) in [6.07, 6.45) is 7.44. The molecule has 20 heavy (non-hydrogen) atoms. The highest BCUT2D eigenvalue weighted by atomic mass is 16.2. The Morgan fingerprint density at radius 1 is 0.950 bits per heavy atom. The van der Waals surface area contributed by atoms with E-state index in [1.54, 1.807) is 24.3 Å². The molecule has 0 aliphatic carbocycles. The van der Waals surface area contributed by atoms with Gasteiger partial charge in [-0.25, -0.2) is 0 Å². The van der Waals surface area contributed by atoms with Crippen LogP contribution in [0.3, 0.4) is 0 Å². The number of rotatable bonds is 6. The Bertz CT molecular complexity index is 476. The molecule has 1 rings (SSSR count). The lowest BCUT2D eigenvalue weighted by Crippen LogP contribution is -2.25. The van der Waals surface area contributed by atoms with Gasteiger partial charge >= 0.3 is 0 Å². The number of hydrogen-bond acceptors (Lipinski definition) is 2. The van der Waals surface area contributed by atoms with Crippen LogP contribution in [0.15, 0.2) is 48.6 Å². The zero-order valence-corrected chi connectivity index (χ0v) is 11.8. The average molecular weight is 272 g/mol. The third-order valence-corrected chi connectivity index (χ3v) is 2.62. The summed E-state index contributed by atoms with van der Waals surface area (Å²) in [4.78, 5) is 23.7. The van der Waals surface area contributed by atoms with Gasteiger partial charge in [-0.2, -0.15) is 0 Å². The van der Waals surface area contributed by atoms with E-state index in [4.69, 9.17) is 0 Å². The van der Waals surface area contributed by atoms with Gasteiger partial charge in [-0.1, -0.05) is 30.4 Å². The van der Waals surface area contributed by atoms with Gasteiger partial charge in [0.25, 0.3) is 11.8 Å². The molecular formula is C16H20N2O2. The van der Waals surface area contributed by atoms with Crippen LogP contribution >= 0.6 is 0 Å². The van der Waals surface area contributed by atoms with Crippen LogP contribution in [0.1, 0.15) is 34.6 Å². The number of benzene rings is 1. The highest BCUT2D eigenvalue weighted by Gasteiger charge is 2.09. The zero-order valence-electron chi connectivity index (χ0n) is 11.8.